The Hall–Kier alpha value is -0.980. The maximum absolute atomic E-state index is 10.4. The van der Waals surface area contributed by atoms with Crippen LogP contribution in [0.15, 0.2) is 24.5 Å². The van der Waals surface area contributed by atoms with E-state index in [0.29, 0.717) is 6.54 Å². The van der Waals surface area contributed by atoms with E-state index in [2.05, 4.69) is 0 Å². The second-order valence-electron chi connectivity index (χ2n) is 3.18. The Bertz CT molecular complexity index is 399. The Labute approximate surface area is 88.7 Å². The third-order valence-electron chi connectivity index (χ3n) is 1.96. The van der Waals surface area contributed by atoms with Crippen molar-refractivity contribution in [2.75, 3.05) is 12.4 Å². The summed E-state index contributed by atoms with van der Waals surface area (Å²) < 4.78 is 32.9. The molecule has 6 heteroatoms. The number of hydrogen-bond donors (Lipinski definition) is 1. The van der Waals surface area contributed by atoms with Crippen molar-refractivity contribution in [1.82, 2.24) is 0 Å². The minimum atomic E-state index is -4.14. The van der Waals surface area contributed by atoms with Gasteiger partial charge in [0.15, 0.2) is 18.9 Å². The van der Waals surface area contributed by atoms with Gasteiger partial charge in [-0.3, -0.25) is 0 Å². The van der Waals surface area contributed by atoms with E-state index in [1.165, 1.54) is 0 Å². The number of rotatable bonds is 5. The van der Waals surface area contributed by atoms with Crippen molar-refractivity contribution in [2.24, 2.45) is 0 Å². The minimum Gasteiger partial charge on any atom is -0.748 e. The third-order valence-corrected chi connectivity index (χ3v) is 2.66. The predicted molar refractivity (Wildman–Crippen MR) is 52.0 cm³/mol. The molecular weight excluding hydrogens is 218 g/mol. The summed E-state index contributed by atoms with van der Waals surface area (Å²) in [6.45, 7) is 0.555. The summed E-state index contributed by atoms with van der Waals surface area (Å²) in [5.41, 5.74) is 0.795. The second-order valence-corrected chi connectivity index (χ2v) is 4.70. The maximum atomic E-state index is 10.4. The summed E-state index contributed by atoms with van der Waals surface area (Å²) in [5.74, 6) is -0.378. The summed E-state index contributed by atoms with van der Waals surface area (Å²) >= 11 is 0. The highest BCUT2D eigenvalue weighted by atomic mass is 32.2. The topological polar surface area (TPSA) is 81.3 Å². The molecule has 15 heavy (non-hydrogen) atoms. The fraction of sp³-hybridized carbons (Fsp3) is 0.444. The van der Waals surface area contributed by atoms with Gasteiger partial charge >= 0.3 is 0 Å². The van der Waals surface area contributed by atoms with Gasteiger partial charge in [-0.15, -0.1) is 0 Å². The number of pyridine rings is 1. The van der Waals surface area contributed by atoms with Gasteiger partial charge in [-0.05, 0) is 12.0 Å². The molecule has 0 bridgehead atoms. The Morgan fingerprint density at radius 3 is 2.40 bits per heavy atom. The Kier molecular flexibility index (Phi) is 4.19. The molecule has 0 aliphatic rings. The lowest BCUT2D eigenvalue weighted by molar-refractivity contribution is -0.698. The van der Waals surface area contributed by atoms with Gasteiger partial charge in [0.1, 0.15) is 6.61 Å². The van der Waals surface area contributed by atoms with Crippen LogP contribution in [0.1, 0.15) is 5.56 Å². The molecule has 0 amide bonds. The van der Waals surface area contributed by atoms with Crippen LogP contribution in [-0.4, -0.2) is 30.4 Å². The van der Waals surface area contributed by atoms with E-state index in [-0.39, 0.29) is 18.8 Å². The van der Waals surface area contributed by atoms with Gasteiger partial charge in [0, 0.05) is 17.9 Å². The number of aryl methyl sites for hydroxylation is 1. The van der Waals surface area contributed by atoms with Gasteiger partial charge in [-0.1, -0.05) is 0 Å². The molecule has 0 fully saturated rings. The van der Waals surface area contributed by atoms with Gasteiger partial charge in [0.25, 0.3) is 0 Å². The summed E-state index contributed by atoms with van der Waals surface area (Å²) in [6.07, 6.45) is 3.71. The summed E-state index contributed by atoms with van der Waals surface area (Å²) in [5, 5.41) is 8.66. The van der Waals surface area contributed by atoms with E-state index in [4.69, 9.17) is 5.11 Å². The molecule has 1 N–H and O–H groups in total. The Morgan fingerprint density at radius 2 is 1.93 bits per heavy atom. The molecule has 0 aliphatic heterocycles. The monoisotopic (exact) mass is 231 g/mol. The molecule has 0 atom stereocenters. The molecule has 0 radical (unpaired) electrons. The van der Waals surface area contributed by atoms with Crippen molar-refractivity contribution in [2.45, 2.75) is 13.0 Å². The third kappa shape index (κ3) is 4.87. The minimum absolute atomic E-state index is 0.0545. The van der Waals surface area contributed by atoms with Crippen molar-refractivity contribution in [3.8, 4) is 0 Å². The van der Waals surface area contributed by atoms with E-state index in [9.17, 15) is 13.0 Å². The van der Waals surface area contributed by atoms with Crippen LogP contribution in [0.2, 0.25) is 0 Å². The number of nitrogens with zero attached hydrogens (tertiary/aromatic N) is 1. The van der Waals surface area contributed by atoms with E-state index >= 15 is 0 Å². The van der Waals surface area contributed by atoms with Crippen LogP contribution in [0.25, 0.3) is 0 Å². The van der Waals surface area contributed by atoms with E-state index in [1.807, 2.05) is 0 Å². The first kappa shape index (κ1) is 12.1. The summed E-state index contributed by atoms with van der Waals surface area (Å²) in [7, 11) is -4.14. The average molecular weight is 231 g/mol. The standard InChI is InChI=1S/C9H13NO4S/c11-7-6-10-4-1-9(2-5-10)3-8-15(12,13)14/h1-2,4-5,11H,3,6-8H2. The van der Waals surface area contributed by atoms with Crippen molar-refractivity contribution in [3.63, 3.8) is 0 Å². The van der Waals surface area contributed by atoms with E-state index in [0.717, 1.165) is 5.56 Å². The van der Waals surface area contributed by atoms with Crippen LogP contribution in [0.3, 0.4) is 0 Å². The Balaban J connectivity index is 2.57. The molecule has 0 aromatic carbocycles. The van der Waals surface area contributed by atoms with Crippen LogP contribution >= 0.6 is 0 Å². The van der Waals surface area contributed by atoms with Gasteiger partial charge in [-0.25, -0.2) is 13.0 Å². The zero-order valence-electron chi connectivity index (χ0n) is 8.17. The molecule has 1 rings (SSSR count). The molecule has 0 saturated heterocycles. The van der Waals surface area contributed by atoms with Gasteiger partial charge < -0.3 is 9.66 Å². The average Bonchev–Trinajstić information content (AvgIpc) is 2.16. The normalized spacial score (nSPS) is 11.6. The van der Waals surface area contributed by atoms with Crippen molar-refractivity contribution in [1.29, 1.82) is 0 Å². The highest BCUT2D eigenvalue weighted by Crippen LogP contribution is 1.98. The van der Waals surface area contributed by atoms with Crippen LogP contribution < -0.4 is 4.57 Å². The van der Waals surface area contributed by atoms with Crippen LogP contribution in [0.5, 0.6) is 0 Å². The van der Waals surface area contributed by atoms with Gasteiger partial charge in [0.2, 0.25) is 0 Å². The first-order valence-electron chi connectivity index (χ1n) is 4.54. The fourth-order valence-corrected chi connectivity index (χ4v) is 1.65. The molecule has 84 valence electrons. The zero-order chi connectivity index (χ0) is 11.3. The molecule has 5 nitrogen and oxygen atoms in total. The van der Waals surface area contributed by atoms with Crippen molar-refractivity contribution < 1.29 is 22.6 Å². The smallest absolute Gasteiger partial charge is 0.171 e. The molecule has 1 aromatic rings. The second kappa shape index (κ2) is 5.20. The first-order chi connectivity index (χ1) is 7.01. The number of hydrogen-bond acceptors (Lipinski definition) is 4. The molecule has 1 heterocycles. The molecule has 1 aromatic heterocycles. The van der Waals surface area contributed by atoms with E-state index in [1.54, 1.807) is 29.1 Å². The highest BCUT2D eigenvalue weighted by molar-refractivity contribution is 7.85. The lowest BCUT2D eigenvalue weighted by atomic mass is 10.2. The quantitative estimate of drug-likeness (QED) is 0.523. The molecule has 0 unspecified atom stereocenters. The maximum Gasteiger partial charge on any atom is 0.171 e. The SMILES string of the molecule is O=S(=O)([O-])CCc1cc[n+](CCO)cc1. The first-order valence-corrected chi connectivity index (χ1v) is 6.11. The van der Waals surface area contributed by atoms with Crippen LogP contribution in [0.4, 0.5) is 0 Å². The molecular formula is C9H13NO4S. The molecule has 0 spiro atoms. The van der Waals surface area contributed by atoms with Crippen molar-refractivity contribution >= 4 is 10.1 Å². The largest absolute Gasteiger partial charge is 0.748 e. The van der Waals surface area contributed by atoms with Crippen LogP contribution in [0, 0.1) is 0 Å². The Morgan fingerprint density at radius 1 is 1.33 bits per heavy atom. The van der Waals surface area contributed by atoms with E-state index < -0.39 is 10.1 Å². The lowest BCUT2D eigenvalue weighted by Crippen LogP contribution is -2.34. The zero-order valence-corrected chi connectivity index (χ0v) is 8.98. The number of aliphatic hydroxyl groups is 1. The summed E-state index contributed by atoms with van der Waals surface area (Å²) in [6, 6.07) is 3.47. The van der Waals surface area contributed by atoms with Gasteiger partial charge in [-0.2, -0.15) is 0 Å². The van der Waals surface area contributed by atoms with Crippen LogP contribution in [-0.2, 0) is 23.1 Å². The van der Waals surface area contributed by atoms with Gasteiger partial charge in [0.05, 0.1) is 10.1 Å². The molecule has 0 saturated carbocycles. The van der Waals surface area contributed by atoms with Crippen molar-refractivity contribution in [3.05, 3.63) is 30.1 Å². The number of aliphatic hydroxyl groups excluding tert-OH is 1. The lowest BCUT2D eigenvalue weighted by Gasteiger charge is -2.05. The fourth-order valence-electron chi connectivity index (χ4n) is 1.16. The highest BCUT2D eigenvalue weighted by Gasteiger charge is 2.01. The summed E-state index contributed by atoms with van der Waals surface area (Å²) in [4.78, 5) is 0. The molecule has 0 aliphatic carbocycles. The number of aromatic nitrogens is 1. The predicted octanol–water partition coefficient (Wildman–Crippen LogP) is -0.946.